The van der Waals surface area contributed by atoms with Gasteiger partial charge in [0.25, 0.3) is 0 Å². The van der Waals surface area contributed by atoms with Crippen LogP contribution in [0.15, 0.2) is 17.1 Å². The van der Waals surface area contributed by atoms with E-state index in [1.165, 1.54) is 0 Å². The fraction of sp³-hybridized carbons (Fsp3) is 0.250. The van der Waals surface area contributed by atoms with Crippen LogP contribution in [0.3, 0.4) is 0 Å². The van der Waals surface area contributed by atoms with Gasteiger partial charge in [-0.3, -0.25) is 10.1 Å². The second-order valence-electron chi connectivity index (χ2n) is 3.30. The molecule has 0 spiro atoms. The molecule has 0 bridgehead atoms. The number of fused-ring (bicyclic) bond motifs is 1. The molecule has 17 heavy (non-hydrogen) atoms. The van der Waals surface area contributed by atoms with E-state index < -0.39 is 34.4 Å². The van der Waals surface area contributed by atoms with Crippen LogP contribution in [0.2, 0.25) is 0 Å². The van der Waals surface area contributed by atoms with Gasteiger partial charge in [0.15, 0.2) is 0 Å². The minimum absolute atomic E-state index is 0.178. The molecule has 1 aliphatic heterocycles. The molecular formula is C8H4F3N3O3. The molecule has 1 aromatic rings. The minimum atomic E-state index is -4.75. The number of rotatable bonds is 1. The first-order chi connectivity index (χ1) is 7.80. The quantitative estimate of drug-likeness (QED) is 0.307. The van der Waals surface area contributed by atoms with Gasteiger partial charge < -0.3 is 5.21 Å². The van der Waals surface area contributed by atoms with E-state index in [4.69, 9.17) is 0 Å². The summed E-state index contributed by atoms with van der Waals surface area (Å²) in [7, 11) is 0. The van der Waals surface area contributed by atoms with E-state index in [0.29, 0.717) is 12.1 Å². The summed E-state index contributed by atoms with van der Waals surface area (Å²) in [5.41, 5.74) is -2.05. The largest absolute Gasteiger partial charge is 0.622 e. The number of hydrogen-bond donors (Lipinski definition) is 0. The molecule has 0 atom stereocenters. The van der Waals surface area contributed by atoms with E-state index in [1.54, 1.807) is 0 Å². The average Bonchev–Trinajstić information content (AvgIpc) is 2.58. The van der Waals surface area contributed by atoms with Gasteiger partial charge in [0, 0.05) is 12.1 Å². The Kier molecular flexibility index (Phi) is 2.26. The van der Waals surface area contributed by atoms with Crippen molar-refractivity contribution in [2.24, 2.45) is 4.99 Å². The molecule has 2 rings (SSSR count). The van der Waals surface area contributed by atoms with Gasteiger partial charge in [0.2, 0.25) is 17.4 Å². The van der Waals surface area contributed by atoms with Gasteiger partial charge in [-0.1, -0.05) is 0 Å². The van der Waals surface area contributed by atoms with E-state index in [-0.39, 0.29) is 10.1 Å². The fourth-order valence-electron chi connectivity index (χ4n) is 1.47. The van der Waals surface area contributed by atoms with Gasteiger partial charge >= 0.3 is 11.9 Å². The van der Waals surface area contributed by atoms with E-state index in [1.807, 2.05) is 0 Å². The number of nitro benzene ring substituents is 1. The topological polar surface area (TPSA) is 81.6 Å². The number of hydrogen-bond acceptors (Lipinski definition) is 4. The molecule has 6 nitrogen and oxygen atoms in total. The second kappa shape index (κ2) is 3.40. The summed E-state index contributed by atoms with van der Waals surface area (Å²) in [4.78, 5) is 13.1. The van der Waals surface area contributed by atoms with Crippen molar-refractivity contribution < 1.29 is 18.1 Å². The third-order valence-corrected chi connectivity index (χ3v) is 2.22. The second-order valence-corrected chi connectivity index (χ2v) is 3.30. The van der Waals surface area contributed by atoms with Crippen LogP contribution in [0.5, 0.6) is 0 Å². The third kappa shape index (κ3) is 1.79. The van der Waals surface area contributed by atoms with Gasteiger partial charge in [-0.05, 0) is 0 Å². The first-order valence-electron chi connectivity index (χ1n) is 4.32. The summed E-state index contributed by atoms with van der Waals surface area (Å²) in [5.74, 6) is 0. The summed E-state index contributed by atoms with van der Waals surface area (Å²) < 4.78 is 37.5. The smallest absolute Gasteiger partial charge is 0.416 e. The van der Waals surface area contributed by atoms with Crippen molar-refractivity contribution >= 4 is 5.69 Å². The molecule has 90 valence electrons. The zero-order valence-electron chi connectivity index (χ0n) is 8.06. The van der Waals surface area contributed by atoms with Crippen molar-refractivity contribution in [2.45, 2.75) is 6.18 Å². The lowest BCUT2D eigenvalue weighted by Crippen LogP contribution is -2.33. The third-order valence-electron chi connectivity index (χ3n) is 2.22. The van der Waals surface area contributed by atoms with E-state index in [9.17, 15) is 28.5 Å². The maximum absolute atomic E-state index is 12.5. The number of alkyl halides is 3. The normalized spacial score (nSPS) is 14.4. The Balaban J connectivity index is 2.85. The molecule has 0 fully saturated rings. The first kappa shape index (κ1) is 11.3. The highest BCUT2D eigenvalue weighted by Gasteiger charge is 2.35. The summed E-state index contributed by atoms with van der Waals surface area (Å²) in [5, 5.41) is 21.0. The van der Waals surface area contributed by atoms with Gasteiger partial charge in [0.05, 0.1) is 10.5 Å². The van der Waals surface area contributed by atoms with E-state index >= 15 is 0 Å². The van der Waals surface area contributed by atoms with Crippen LogP contribution >= 0.6 is 0 Å². The summed E-state index contributed by atoms with van der Waals surface area (Å²) in [6.45, 7) is -0.433. The molecular weight excluding hydrogens is 243 g/mol. The van der Waals surface area contributed by atoms with E-state index in [0.717, 1.165) is 0 Å². The minimum Gasteiger partial charge on any atom is -0.622 e. The average molecular weight is 247 g/mol. The Bertz CT molecular complexity index is 623. The predicted molar refractivity (Wildman–Crippen MR) is 48.4 cm³/mol. The number of nitrogens with zero attached hydrogens (tertiary/aromatic N) is 3. The highest BCUT2D eigenvalue weighted by atomic mass is 19.4. The van der Waals surface area contributed by atoms with Crippen LogP contribution in [0.25, 0.3) is 0 Å². The molecule has 0 unspecified atom stereocenters. The number of halogens is 3. The van der Waals surface area contributed by atoms with Crippen LogP contribution in [0, 0.1) is 15.3 Å². The fourth-order valence-corrected chi connectivity index (χ4v) is 1.47. The number of non-ortho nitro benzene ring substituents is 1. The molecule has 0 saturated carbocycles. The summed E-state index contributed by atoms with van der Waals surface area (Å²) in [6.07, 6.45) is -4.75. The van der Waals surface area contributed by atoms with Gasteiger partial charge in [-0.15, -0.1) is 0 Å². The molecule has 0 amide bonds. The zero-order valence-corrected chi connectivity index (χ0v) is 8.06. The SMILES string of the molecule is O=[N+]([O-])c1cc(C(F)(F)F)cc2c1=NC[N+]=2[O-]. The Hall–Kier alpha value is -2.19. The lowest BCUT2D eigenvalue weighted by Gasteiger charge is -2.04. The highest BCUT2D eigenvalue weighted by Crippen LogP contribution is 2.29. The van der Waals surface area contributed by atoms with Crippen LogP contribution < -0.4 is 15.5 Å². The van der Waals surface area contributed by atoms with E-state index in [2.05, 4.69) is 4.99 Å². The van der Waals surface area contributed by atoms with Crippen molar-refractivity contribution in [1.29, 1.82) is 0 Å². The molecule has 1 heterocycles. The van der Waals surface area contributed by atoms with Crippen molar-refractivity contribution in [3.05, 3.63) is 43.7 Å². The molecule has 1 aliphatic rings. The molecule has 0 aromatic heterocycles. The van der Waals surface area contributed by atoms with Gasteiger partial charge in [-0.2, -0.15) is 17.9 Å². The number of hydroxylamine groups is 1. The van der Waals surface area contributed by atoms with Crippen molar-refractivity contribution in [1.82, 2.24) is 4.74 Å². The van der Waals surface area contributed by atoms with Crippen LogP contribution in [-0.4, -0.2) is 11.6 Å². The molecule has 0 saturated heterocycles. The summed E-state index contributed by atoms with van der Waals surface area (Å²) in [6, 6.07) is 0.938. The number of benzene rings is 1. The van der Waals surface area contributed by atoms with Crippen molar-refractivity contribution in [3.63, 3.8) is 0 Å². The molecule has 0 N–H and O–H groups in total. The Labute approximate surface area is 91.1 Å². The Morgan fingerprint density at radius 2 is 2.06 bits per heavy atom. The van der Waals surface area contributed by atoms with Gasteiger partial charge in [-0.25, -0.2) is 4.99 Å². The molecule has 0 aliphatic carbocycles. The molecule has 9 heteroatoms. The van der Waals surface area contributed by atoms with Crippen LogP contribution in [-0.2, 0) is 6.18 Å². The van der Waals surface area contributed by atoms with Gasteiger partial charge in [0.1, 0.15) is 0 Å². The van der Waals surface area contributed by atoms with Crippen LogP contribution in [0.4, 0.5) is 18.9 Å². The molecule has 0 radical (unpaired) electrons. The van der Waals surface area contributed by atoms with Crippen LogP contribution in [0.1, 0.15) is 5.56 Å². The van der Waals surface area contributed by atoms with Crippen molar-refractivity contribution in [3.8, 4) is 0 Å². The first-order valence-corrected chi connectivity index (χ1v) is 4.32. The predicted octanol–water partition coefficient (Wildman–Crippen LogP) is 0.193. The monoisotopic (exact) mass is 247 g/mol. The Morgan fingerprint density at radius 1 is 1.41 bits per heavy atom. The Morgan fingerprint density at radius 3 is 2.59 bits per heavy atom. The highest BCUT2D eigenvalue weighted by molar-refractivity contribution is 5.36. The number of nitro groups is 1. The zero-order chi connectivity index (χ0) is 12.8. The lowest BCUT2D eigenvalue weighted by atomic mass is 10.2. The maximum Gasteiger partial charge on any atom is 0.416 e. The summed E-state index contributed by atoms with van der Waals surface area (Å²) >= 11 is 0. The maximum atomic E-state index is 12.5. The lowest BCUT2D eigenvalue weighted by molar-refractivity contribution is -0.386. The molecule has 1 aromatic carbocycles. The standard InChI is InChI=1S/C8H4F3N3O3/c9-8(10,11)4-1-5-7(12-3-13(5)15)6(2-4)14(16)17/h1-2H,3H2. The van der Waals surface area contributed by atoms with Crippen molar-refractivity contribution in [2.75, 3.05) is 6.67 Å².